The van der Waals surface area contributed by atoms with E-state index >= 15 is 0 Å². The third-order valence-corrected chi connectivity index (χ3v) is 2.08. The van der Waals surface area contributed by atoms with Crippen LogP contribution in [0.1, 0.15) is 5.69 Å². The molecule has 0 aliphatic carbocycles. The Hall–Kier alpha value is -0.410. The molecule has 0 bridgehead atoms. The molecule has 2 nitrogen and oxygen atoms in total. The smallest absolute Gasteiger partial charge is 0.224 e. The summed E-state index contributed by atoms with van der Waals surface area (Å²) < 4.78 is 1.99. The van der Waals surface area contributed by atoms with E-state index in [2.05, 4.69) is 0 Å². The summed E-state index contributed by atoms with van der Waals surface area (Å²) in [5.74, 6) is 0. The fourth-order valence-electron chi connectivity index (χ4n) is 0.691. The molecule has 9 heavy (non-hydrogen) atoms. The molecule has 1 rings (SSSR count). The van der Waals surface area contributed by atoms with E-state index in [9.17, 15) is 5.11 Å². The average Bonchev–Trinajstić information content (AvgIpc) is 2.18. The zero-order valence-corrected chi connectivity index (χ0v) is 6.15. The topological polar surface area (TPSA) is 23.8 Å². The van der Waals surface area contributed by atoms with Gasteiger partial charge in [0.05, 0.1) is 18.4 Å². The Morgan fingerprint density at radius 2 is 2.56 bits per heavy atom. The SMILES string of the molecule is C[n+]1cscc1CC[O]. The van der Waals surface area contributed by atoms with Crippen LogP contribution in [0.15, 0.2) is 10.9 Å². The second-order valence-corrected chi connectivity index (χ2v) is 2.63. The van der Waals surface area contributed by atoms with Crippen LogP contribution in [-0.4, -0.2) is 6.61 Å². The van der Waals surface area contributed by atoms with Crippen LogP contribution in [0.25, 0.3) is 0 Å². The second-order valence-electron chi connectivity index (χ2n) is 1.92. The van der Waals surface area contributed by atoms with Crippen molar-refractivity contribution in [1.29, 1.82) is 0 Å². The van der Waals surface area contributed by atoms with Crippen molar-refractivity contribution in [2.75, 3.05) is 6.61 Å². The predicted molar refractivity (Wildman–Crippen MR) is 34.8 cm³/mol. The first-order valence-corrected chi connectivity index (χ1v) is 3.77. The zero-order valence-electron chi connectivity index (χ0n) is 5.33. The van der Waals surface area contributed by atoms with Gasteiger partial charge in [-0.1, -0.05) is 11.3 Å². The van der Waals surface area contributed by atoms with Crippen LogP contribution < -0.4 is 4.57 Å². The van der Waals surface area contributed by atoms with Crippen LogP contribution in [0.5, 0.6) is 0 Å². The van der Waals surface area contributed by atoms with Crippen LogP contribution in [0, 0.1) is 0 Å². The first kappa shape index (κ1) is 6.71. The van der Waals surface area contributed by atoms with Crippen molar-refractivity contribution in [1.82, 2.24) is 0 Å². The van der Waals surface area contributed by atoms with E-state index < -0.39 is 0 Å². The minimum atomic E-state index is -0.00935. The first-order chi connectivity index (χ1) is 4.34. The molecule has 0 saturated heterocycles. The minimum absolute atomic E-state index is 0.00935. The largest absolute Gasteiger partial charge is 0.236 e. The monoisotopic (exact) mass is 143 g/mol. The molecule has 49 valence electrons. The summed E-state index contributed by atoms with van der Waals surface area (Å²) in [5, 5.41) is 12.2. The normalized spacial score (nSPS) is 10.0. The number of nitrogens with zero attached hydrogens (tertiary/aromatic N) is 1. The molecule has 1 aromatic heterocycles. The molecule has 1 radical (unpaired) electrons. The van der Waals surface area contributed by atoms with E-state index in [0.717, 1.165) is 5.69 Å². The van der Waals surface area contributed by atoms with Gasteiger partial charge < -0.3 is 0 Å². The summed E-state index contributed by atoms with van der Waals surface area (Å²) in [6, 6.07) is 0. The summed E-state index contributed by atoms with van der Waals surface area (Å²) in [5.41, 5.74) is 3.13. The molecule has 0 saturated carbocycles. The molecule has 3 heteroatoms. The summed E-state index contributed by atoms with van der Waals surface area (Å²) in [7, 11) is 1.96. The van der Waals surface area contributed by atoms with Gasteiger partial charge in [0.1, 0.15) is 7.05 Å². The van der Waals surface area contributed by atoms with Crippen molar-refractivity contribution in [3.8, 4) is 0 Å². The lowest BCUT2D eigenvalue weighted by Gasteiger charge is -1.84. The molecule has 0 aliphatic heterocycles. The highest BCUT2D eigenvalue weighted by Crippen LogP contribution is 1.97. The van der Waals surface area contributed by atoms with Crippen molar-refractivity contribution in [2.24, 2.45) is 7.05 Å². The van der Waals surface area contributed by atoms with Crippen LogP contribution >= 0.6 is 11.3 Å². The van der Waals surface area contributed by atoms with Gasteiger partial charge in [-0.25, -0.2) is 5.11 Å². The molecular weight excluding hydrogens is 134 g/mol. The molecule has 1 heterocycles. The number of aryl methyl sites for hydroxylation is 1. The molecule has 1 aromatic rings. The third-order valence-electron chi connectivity index (χ3n) is 1.23. The Morgan fingerprint density at radius 1 is 1.78 bits per heavy atom. The molecule has 0 unspecified atom stereocenters. The van der Waals surface area contributed by atoms with Crippen molar-refractivity contribution in [3.63, 3.8) is 0 Å². The Balaban J connectivity index is 2.69. The van der Waals surface area contributed by atoms with E-state index in [1.807, 2.05) is 22.5 Å². The van der Waals surface area contributed by atoms with Crippen molar-refractivity contribution < 1.29 is 9.67 Å². The molecule has 0 aliphatic rings. The molecule has 0 atom stereocenters. The lowest BCUT2D eigenvalue weighted by Crippen LogP contribution is -2.29. The highest BCUT2D eigenvalue weighted by Gasteiger charge is 2.04. The zero-order chi connectivity index (χ0) is 6.69. The van der Waals surface area contributed by atoms with E-state index in [-0.39, 0.29) is 6.61 Å². The summed E-state index contributed by atoms with van der Waals surface area (Å²) >= 11 is 1.63. The third kappa shape index (κ3) is 1.50. The van der Waals surface area contributed by atoms with Crippen LogP contribution in [0.3, 0.4) is 0 Å². The Bertz CT molecular complexity index is 185. The van der Waals surface area contributed by atoms with Crippen LogP contribution in [-0.2, 0) is 18.6 Å². The number of hydrogen-bond donors (Lipinski definition) is 0. The van der Waals surface area contributed by atoms with Gasteiger partial charge in [0.25, 0.3) is 0 Å². The van der Waals surface area contributed by atoms with Gasteiger partial charge in [-0.15, -0.1) is 0 Å². The summed E-state index contributed by atoms with van der Waals surface area (Å²) in [6.07, 6.45) is 0.653. The molecule has 0 fully saturated rings. The lowest BCUT2D eigenvalue weighted by molar-refractivity contribution is -0.674. The van der Waals surface area contributed by atoms with Crippen molar-refractivity contribution in [2.45, 2.75) is 6.42 Å². The highest BCUT2D eigenvalue weighted by atomic mass is 32.1. The number of aromatic nitrogens is 1. The lowest BCUT2D eigenvalue weighted by atomic mass is 10.3. The van der Waals surface area contributed by atoms with Crippen LogP contribution in [0.4, 0.5) is 0 Å². The number of hydrogen-bond acceptors (Lipinski definition) is 1. The van der Waals surface area contributed by atoms with Gasteiger partial charge in [-0.05, 0) is 0 Å². The number of thiazole rings is 1. The second kappa shape index (κ2) is 2.94. The molecule has 0 amide bonds. The summed E-state index contributed by atoms with van der Waals surface area (Å²) in [4.78, 5) is 0. The fraction of sp³-hybridized carbons (Fsp3) is 0.500. The maximum atomic E-state index is 10.1. The Kier molecular flexibility index (Phi) is 2.19. The van der Waals surface area contributed by atoms with Crippen LogP contribution in [0.2, 0.25) is 0 Å². The highest BCUT2D eigenvalue weighted by molar-refractivity contribution is 7.07. The van der Waals surface area contributed by atoms with Gasteiger partial charge in [0, 0.05) is 0 Å². The van der Waals surface area contributed by atoms with E-state index in [1.165, 1.54) is 0 Å². The van der Waals surface area contributed by atoms with Crippen molar-refractivity contribution >= 4 is 11.3 Å². The van der Waals surface area contributed by atoms with Gasteiger partial charge >= 0.3 is 0 Å². The molecule has 0 aromatic carbocycles. The molecule has 0 N–H and O–H groups in total. The van der Waals surface area contributed by atoms with Crippen molar-refractivity contribution in [3.05, 3.63) is 16.6 Å². The first-order valence-electron chi connectivity index (χ1n) is 2.83. The summed E-state index contributed by atoms with van der Waals surface area (Å²) in [6.45, 7) is -0.00935. The quantitative estimate of drug-likeness (QED) is 0.540. The maximum Gasteiger partial charge on any atom is 0.224 e. The fourth-order valence-corrected chi connectivity index (χ4v) is 1.51. The predicted octanol–water partition coefficient (Wildman–Crippen LogP) is 0.546. The average molecular weight is 143 g/mol. The standard InChI is InChI=1S/C6H9NOS/c1-7-5-9-4-6(7)2-3-8/h4-5H,2-3H2,1H3/q+1. The Morgan fingerprint density at radius 3 is 3.00 bits per heavy atom. The van der Waals surface area contributed by atoms with E-state index in [1.54, 1.807) is 11.3 Å². The van der Waals surface area contributed by atoms with Gasteiger partial charge in [-0.3, -0.25) is 0 Å². The van der Waals surface area contributed by atoms with E-state index in [4.69, 9.17) is 0 Å². The van der Waals surface area contributed by atoms with Gasteiger partial charge in [-0.2, -0.15) is 4.57 Å². The maximum absolute atomic E-state index is 10.1. The van der Waals surface area contributed by atoms with Gasteiger partial charge in [0.15, 0.2) is 5.69 Å². The minimum Gasteiger partial charge on any atom is -0.236 e. The van der Waals surface area contributed by atoms with Gasteiger partial charge in [0.2, 0.25) is 5.51 Å². The van der Waals surface area contributed by atoms with E-state index in [0.29, 0.717) is 6.42 Å². The molecule has 0 spiro atoms. The molecular formula is C6H9NOS+. The number of rotatable bonds is 2. The Labute approximate surface area is 58.4 Å².